The largest absolute Gasteiger partial charge is 0.467 e. The van der Waals surface area contributed by atoms with Crippen LogP contribution in [0.1, 0.15) is 20.8 Å². The number of aliphatic hydroxyl groups excluding tert-OH is 1. The summed E-state index contributed by atoms with van der Waals surface area (Å²) in [5.74, 6) is -0.973. The lowest BCUT2D eigenvalue weighted by molar-refractivity contribution is -0.150. The molecule has 0 spiro atoms. The lowest BCUT2D eigenvalue weighted by Gasteiger charge is -2.18. The van der Waals surface area contributed by atoms with Gasteiger partial charge in [-0.2, -0.15) is 0 Å². The zero-order chi connectivity index (χ0) is 11.4. The van der Waals surface area contributed by atoms with Crippen molar-refractivity contribution in [2.24, 2.45) is 5.41 Å². The first-order chi connectivity index (χ1) is 6.29. The molecule has 0 radical (unpaired) electrons. The topological polar surface area (TPSA) is 75.6 Å². The van der Waals surface area contributed by atoms with Crippen LogP contribution >= 0.6 is 0 Å². The molecule has 0 rings (SSSR count). The Bertz CT molecular complexity index is 219. The van der Waals surface area contributed by atoms with Gasteiger partial charge in [-0.1, -0.05) is 20.8 Å². The monoisotopic (exact) mass is 203 g/mol. The van der Waals surface area contributed by atoms with Crippen LogP contribution in [0.4, 0.5) is 0 Å². The third-order valence-corrected chi connectivity index (χ3v) is 1.61. The van der Waals surface area contributed by atoms with Crippen molar-refractivity contribution in [2.45, 2.75) is 26.9 Å². The molecule has 5 nitrogen and oxygen atoms in total. The van der Waals surface area contributed by atoms with Crippen molar-refractivity contribution in [1.29, 1.82) is 0 Å². The van der Waals surface area contributed by atoms with E-state index in [-0.39, 0.29) is 12.5 Å². The minimum absolute atomic E-state index is 0.122. The molecule has 14 heavy (non-hydrogen) atoms. The minimum Gasteiger partial charge on any atom is -0.467 e. The molecule has 2 N–H and O–H groups in total. The highest BCUT2D eigenvalue weighted by Crippen LogP contribution is 2.12. The molecule has 0 aliphatic carbocycles. The van der Waals surface area contributed by atoms with Gasteiger partial charge < -0.3 is 15.2 Å². The quantitative estimate of drug-likeness (QED) is 0.616. The Morgan fingerprint density at radius 2 is 1.93 bits per heavy atom. The normalized spacial score (nSPS) is 13.2. The van der Waals surface area contributed by atoms with Crippen LogP contribution in [0.2, 0.25) is 0 Å². The number of methoxy groups -OCH3 is 1. The second kappa shape index (κ2) is 4.95. The third-order valence-electron chi connectivity index (χ3n) is 1.61. The van der Waals surface area contributed by atoms with Crippen LogP contribution in [-0.2, 0) is 14.3 Å². The Kier molecular flexibility index (Phi) is 4.56. The number of aliphatic hydroxyl groups is 1. The van der Waals surface area contributed by atoms with Crippen LogP contribution in [0.15, 0.2) is 0 Å². The minimum atomic E-state index is -1.30. The molecule has 0 aliphatic rings. The van der Waals surface area contributed by atoms with Crippen molar-refractivity contribution in [2.75, 3.05) is 13.7 Å². The van der Waals surface area contributed by atoms with Crippen LogP contribution in [0.5, 0.6) is 0 Å². The number of carbonyl (C=O) groups excluding carboxylic acids is 2. The third kappa shape index (κ3) is 4.23. The van der Waals surface area contributed by atoms with Crippen LogP contribution < -0.4 is 5.32 Å². The van der Waals surface area contributed by atoms with E-state index in [1.54, 1.807) is 20.8 Å². The summed E-state index contributed by atoms with van der Waals surface area (Å²) in [5, 5.41) is 11.6. The smallest absolute Gasteiger partial charge is 0.336 e. The summed E-state index contributed by atoms with van der Waals surface area (Å²) >= 11 is 0. The molecule has 5 heteroatoms. The van der Waals surface area contributed by atoms with Crippen molar-refractivity contribution in [1.82, 2.24) is 5.32 Å². The van der Waals surface area contributed by atoms with Crippen molar-refractivity contribution < 1.29 is 19.4 Å². The maximum Gasteiger partial charge on any atom is 0.336 e. The van der Waals surface area contributed by atoms with Gasteiger partial charge in [0.05, 0.1) is 13.7 Å². The van der Waals surface area contributed by atoms with Crippen molar-refractivity contribution in [3.05, 3.63) is 0 Å². The molecule has 0 aromatic heterocycles. The van der Waals surface area contributed by atoms with Gasteiger partial charge in [-0.3, -0.25) is 4.79 Å². The second-order valence-corrected chi connectivity index (χ2v) is 4.00. The zero-order valence-electron chi connectivity index (χ0n) is 8.96. The molecule has 0 aliphatic heterocycles. The first-order valence-corrected chi connectivity index (χ1v) is 4.33. The highest BCUT2D eigenvalue weighted by Gasteiger charge is 2.23. The Labute approximate surface area is 83.4 Å². The van der Waals surface area contributed by atoms with Gasteiger partial charge in [0.25, 0.3) is 0 Å². The maximum absolute atomic E-state index is 11.3. The number of nitrogens with one attached hydrogen (secondary N) is 1. The molecule has 0 aromatic carbocycles. The molecule has 0 fully saturated rings. The van der Waals surface area contributed by atoms with Crippen molar-refractivity contribution in [3.8, 4) is 0 Å². The van der Waals surface area contributed by atoms with Gasteiger partial charge in [-0.25, -0.2) is 4.79 Å². The van der Waals surface area contributed by atoms with Gasteiger partial charge in [-0.05, 0) is 0 Å². The first kappa shape index (κ1) is 12.9. The molecular weight excluding hydrogens is 186 g/mol. The molecule has 0 saturated heterocycles. The Hall–Kier alpha value is -1.10. The van der Waals surface area contributed by atoms with E-state index in [1.165, 1.54) is 7.11 Å². The van der Waals surface area contributed by atoms with Gasteiger partial charge in [0.2, 0.25) is 5.91 Å². The summed E-state index contributed by atoms with van der Waals surface area (Å²) in [5.41, 5.74) is -0.532. The molecule has 82 valence electrons. The molecule has 1 amide bonds. The number of amides is 1. The predicted molar refractivity (Wildman–Crippen MR) is 50.5 cm³/mol. The van der Waals surface area contributed by atoms with E-state index in [9.17, 15) is 9.59 Å². The fourth-order valence-electron chi connectivity index (χ4n) is 0.674. The Morgan fingerprint density at radius 3 is 2.29 bits per heavy atom. The van der Waals surface area contributed by atoms with Crippen molar-refractivity contribution in [3.63, 3.8) is 0 Å². The van der Waals surface area contributed by atoms with Crippen LogP contribution in [0, 0.1) is 5.41 Å². The number of esters is 1. The molecule has 1 atom stereocenters. The number of carbonyl (C=O) groups is 2. The molecular formula is C9H17NO4. The van der Waals surface area contributed by atoms with Crippen molar-refractivity contribution >= 4 is 11.9 Å². The van der Waals surface area contributed by atoms with E-state index in [4.69, 9.17) is 5.11 Å². The summed E-state index contributed by atoms with van der Waals surface area (Å²) in [7, 11) is 1.18. The molecule has 0 bridgehead atoms. The lowest BCUT2D eigenvalue weighted by Crippen LogP contribution is -2.42. The predicted octanol–water partition coefficient (Wildman–Crippen LogP) is -0.317. The highest BCUT2D eigenvalue weighted by atomic mass is 16.5. The van der Waals surface area contributed by atoms with Gasteiger partial charge in [-0.15, -0.1) is 0 Å². The molecule has 1 unspecified atom stereocenters. The van der Waals surface area contributed by atoms with Crippen LogP contribution in [-0.4, -0.2) is 36.7 Å². The van der Waals surface area contributed by atoms with Gasteiger partial charge in [0.15, 0.2) is 6.10 Å². The van der Waals surface area contributed by atoms with E-state index in [2.05, 4.69) is 10.1 Å². The van der Waals surface area contributed by atoms with E-state index < -0.39 is 17.5 Å². The number of rotatable bonds is 3. The summed E-state index contributed by atoms with van der Waals surface area (Å²) < 4.78 is 4.29. The van der Waals surface area contributed by atoms with Gasteiger partial charge >= 0.3 is 5.97 Å². The first-order valence-electron chi connectivity index (χ1n) is 4.33. The number of hydrogen-bond donors (Lipinski definition) is 2. The van der Waals surface area contributed by atoms with E-state index in [0.29, 0.717) is 0 Å². The van der Waals surface area contributed by atoms with E-state index in [0.717, 1.165) is 0 Å². The number of hydrogen-bond acceptors (Lipinski definition) is 4. The van der Waals surface area contributed by atoms with E-state index in [1.807, 2.05) is 0 Å². The Morgan fingerprint density at radius 1 is 1.43 bits per heavy atom. The molecule has 0 heterocycles. The zero-order valence-corrected chi connectivity index (χ0v) is 8.96. The van der Waals surface area contributed by atoms with E-state index >= 15 is 0 Å². The SMILES string of the molecule is COC(=O)C(O)CNC(=O)C(C)(C)C. The summed E-state index contributed by atoms with van der Waals surface area (Å²) in [4.78, 5) is 22.1. The number of ether oxygens (including phenoxy) is 1. The summed E-state index contributed by atoms with van der Waals surface area (Å²) in [6.07, 6.45) is -1.30. The van der Waals surface area contributed by atoms with Crippen LogP contribution in [0.3, 0.4) is 0 Å². The van der Waals surface area contributed by atoms with Gasteiger partial charge in [0.1, 0.15) is 0 Å². The summed E-state index contributed by atoms with van der Waals surface area (Å²) in [6.45, 7) is 5.11. The maximum atomic E-state index is 11.3. The summed E-state index contributed by atoms with van der Waals surface area (Å²) in [6, 6.07) is 0. The second-order valence-electron chi connectivity index (χ2n) is 4.00. The highest BCUT2D eigenvalue weighted by molar-refractivity contribution is 5.82. The standard InChI is InChI=1S/C9H17NO4/c1-9(2,3)8(13)10-5-6(11)7(12)14-4/h6,11H,5H2,1-4H3,(H,10,13). The Balaban J connectivity index is 3.96. The van der Waals surface area contributed by atoms with Crippen LogP contribution in [0.25, 0.3) is 0 Å². The fourth-order valence-corrected chi connectivity index (χ4v) is 0.674. The average molecular weight is 203 g/mol. The molecule has 0 aromatic rings. The molecule has 0 saturated carbocycles. The fraction of sp³-hybridized carbons (Fsp3) is 0.778. The lowest BCUT2D eigenvalue weighted by atomic mass is 9.96. The average Bonchev–Trinajstić information content (AvgIpc) is 2.10. The van der Waals surface area contributed by atoms with Gasteiger partial charge in [0, 0.05) is 5.41 Å².